The molecule has 3 aromatic rings. The van der Waals surface area contributed by atoms with Crippen LogP contribution in [0.15, 0.2) is 39.4 Å². The van der Waals surface area contributed by atoms with E-state index in [2.05, 4.69) is 32.9 Å². The highest BCUT2D eigenvalue weighted by molar-refractivity contribution is 9.10. The van der Waals surface area contributed by atoms with Crippen LogP contribution in [0, 0.1) is 0 Å². The topological polar surface area (TPSA) is 69.3 Å². The van der Waals surface area contributed by atoms with E-state index in [4.69, 9.17) is 10.2 Å². The molecular weight excluding hydrogens is 332 g/mol. The van der Waals surface area contributed by atoms with Crippen LogP contribution in [0.25, 0.3) is 5.65 Å². The Bertz CT molecular complexity index is 736. The number of hydrogen-bond donors (Lipinski definition) is 1. The molecule has 0 fully saturated rings. The standard InChI is InChI=1S/C15H17BrN4O/c1-2-4-10(12-5-3-6-21-12)7-14-18-15-9-11(16)8-13(17)20(15)19-14/h3,5-6,8-10H,2,4,7,17H2,1H3. The number of aromatic nitrogens is 3. The van der Waals surface area contributed by atoms with Crippen LogP contribution in [-0.2, 0) is 6.42 Å². The van der Waals surface area contributed by atoms with Crippen molar-refractivity contribution in [2.24, 2.45) is 0 Å². The average molecular weight is 349 g/mol. The Morgan fingerprint density at radius 1 is 1.43 bits per heavy atom. The van der Waals surface area contributed by atoms with Gasteiger partial charge in [0.1, 0.15) is 11.6 Å². The molecule has 0 bridgehead atoms. The minimum atomic E-state index is 0.298. The minimum Gasteiger partial charge on any atom is -0.469 e. The van der Waals surface area contributed by atoms with Gasteiger partial charge in [-0.2, -0.15) is 4.52 Å². The molecule has 0 aromatic carbocycles. The van der Waals surface area contributed by atoms with Gasteiger partial charge in [0, 0.05) is 16.8 Å². The first-order valence-corrected chi connectivity index (χ1v) is 7.80. The number of nitrogen functional groups attached to an aromatic ring is 1. The summed E-state index contributed by atoms with van der Waals surface area (Å²) in [7, 11) is 0. The van der Waals surface area contributed by atoms with Crippen LogP contribution >= 0.6 is 15.9 Å². The lowest BCUT2D eigenvalue weighted by Crippen LogP contribution is -2.04. The third-order valence-corrected chi connectivity index (χ3v) is 3.94. The quantitative estimate of drug-likeness (QED) is 0.761. The molecule has 0 spiro atoms. The van der Waals surface area contributed by atoms with Gasteiger partial charge < -0.3 is 10.2 Å². The molecule has 3 heterocycles. The number of furan rings is 1. The molecule has 3 aromatic heterocycles. The van der Waals surface area contributed by atoms with E-state index in [0.29, 0.717) is 11.7 Å². The number of nitrogens with zero attached hydrogens (tertiary/aromatic N) is 3. The van der Waals surface area contributed by atoms with Gasteiger partial charge in [-0.05, 0) is 30.7 Å². The van der Waals surface area contributed by atoms with Crippen molar-refractivity contribution in [3.8, 4) is 0 Å². The second kappa shape index (κ2) is 5.89. The fourth-order valence-corrected chi connectivity index (χ4v) is 2.98. The van der Waals surface area contributed by atoms with Gasteiger partial charge >= 0.3 is 0 Å². The third kappa shape index (κ3) is 2.95. The number of rotatable bonds is 5. The van der Waals surface area contributed by atoms with Crippen LogP contribution in [0.3, 0.4) is 0 Å². The van der Waals surface area contributed by atoms with E-state index in [1.807, 2.05) is 24.3 Å². The van der Waals surface area contributed by atoms with Gasteiger partial charge in [0.05, 0.1) is 6.26 Å². The molecule has 0 saturated heterocycles. The van der Waals surface area contributed by atoms with Gasteiger partial charge in [0.25, 0.3) is 0 Å². The lowest BCUT2D eigenvalue weighted by molar-refractivity contribution is 0.437. The van der Waals surface area contributed by atoms with Gasteiger partial charge in [-0.3, -0.25) is 0 Å². The normalized spacial score (nSPS) is 12.9. The Morgan fingerprint density at radius 2 is 2.29 bits per heavy atom. The molecule has 0 aliphatic rings. The first kappa shape index (κ1) is 14.1. The summed E-state index contributed by atoms with van der Waals surface area (Å²) in [4.78, 5) is 4.57. The summed E-state index contributed by atoms with van der Waals surface area (Å²) in [5, 5.41) is 4.50. The number of pyridine rings is 1. The Hall–Kier alpha value is -1.82. The van der Waals surface area contributed by atoms with Crippen molar-refractivity contribution in [2.75, 3.05) is 5.73 Å². The largest absolute Gasteiger partial charge is 0.469 e. The van der Waals surface area contributed by atoms with Crippen molar-refractivity contribution in [3.05, 3.63) is 46.6 Å². The summed E-state index contributed by atoms with van der Waals surface area (Å²) < 4.78 is 8.12. The van der Waals surface area contributed by atoms with Crippen molar-refractivity contribution in [1.29, 1.82) is 0 Å². The number of halogens is 1. The highest BCUT2D eigenvalue weighted by Gasteiger charge is 2.17. The summed E-state index contributed by atoms with van der Waals surface area (Å²) >= 11 is 3.42. The van der Waals surface area contributed by atoms with E-state index in [1.54, 1.807) is 10.8 Å². The molecule has 0 radical (unpaired) electrons. The van der Waals surface area contributed by atoms with Crippen molar-refractivity contribution < 1.29 is 4.42 Å². The van der Waals surface area contributed by atoms with Gasteiger partial charge in [0.2, 0.25) is 0 Å². The smallest absolute Gasteiger partial charge is 0.159 e. The van der Waals surface area contributed by atoms with Crippen molar-refractivity contribution >= 4 is 27.4 Å². The fraction of sp³-hybridized carbons (Fsp3) is 0.333. The van der Waals surface area contributed by atoms with E-state index < -0.39 is 0 Å². The maximum atomic E-state index is 5.97. The third-order valence-electron chi connectivity index (χ3n) is 3.49. The highest BCUT2D eigenvalue weighted by Crippen LogP contribution is 2.26. The average Bonchev–Trinajstić information content (AvgIpc) is 3.06. The molecule has 0 saturated carbocycles. The Balaban J connectivity index is 1.91. The zero-order chi connectivity index (χ0) is 14.8. The molecule has 110 valence electrons. The maximum absolute atomic E-state index is 5.97. The predicted octanol–water partition coefficient (Wildman–Crippen LogP) is 3.79. The van der Waals surface area contributed by atoms with Crippen molar-refractivity contribution in [1.82, 2.24) is 14.6 Å². The molecule has 1 atom stereocenters. The van der Waals surface area contributed by atoms with Gasteiger partial charge in [-0.1, -0.05) is 29.3 Å². The van der Waals surface area contributed by atoms with E-state index in [9.17, 15) is 0 Å². The summed E-state index contributed by atoms with van der Waals surface area (Å²) in [5.41, 5.74) is 6.72. The van der Waals surface area contributed by atoms with E-state index in [-0.39, 0.29) is 0 Å². The molecule has 5 nitrogen and oxygen atoms in total. The van der Waals surface area contributed by atoms with Crippen LogP contribution in [0.5, 0.6) is 0 Å². The molecule has 1 unspecified atom stereocenters. The monoisotopic (exact) mass is 348 g/mol. The Kier molecular flexibility index (Phi) is 3.96. The summed E-state index contributed by atoms with van der Waals surface area (Å²) in [6.07, 6.45) is 4.60. The molecule has 0 aliphatic carbocycles. The predicted molar refractivity (Wildman–Crippen MR) is 85.2 cm³/mol. The van der Waals surface area contributed by atoms with Gasteiger partial charge in [-0.25, -0.2) is 4.98 Å². The van der Waals surface area contributed by atoms with Crippen LogP contribution in [0.1, 0.15) is 37.3 Å². The first-order chi connectivity index (χ1) is 10.2. The molecular formula is C15H17BrN4O. The second-order valence-electron chi connectivity index (χ2n) is 5.10. The first-order valence-electron chi connectivity index (χ1n) is 7.01. The highest BCUT2D eigenvalue weighted by atomic mass is 79.9. The van der Waals surface area contributed by atoms with Gasteiger partial charge in [-0.15, -0.1) is 5.10 Å². The van der Waals surface area contributed by atoms with E-state index >= 15 is 0 Å². The zero-order valence-corrected chi connectivity index (χ0v) is 13.4. The zero-order valence-electron chi connectivity index (χ0n) is 11.8. The Labute approximate surface area is 131 Å². The van der Waals surface area contributed by atoms with Crippen molar-refractivity contribution in [3.63, 3.8) is 0 Å². The second-order valence-corrected chi connectivity index (χ2v) is 6.02. The van der Waals surface area contributed by atoms with Gasteiger partial charge in [0.15, 0.2) is 11.5 Å². The summed E-state index contributed by atoms with van der Waals surface area (Å²) in [5.74, 6) is 2.65. The minimum absolute atomic E-state index is 0.298. The number of nitrogens with two attached hydrogens (primary N) is 1. The lowest BCUT2D eigenvalue weighted by atomic mass is 9.97. The van der Waals surface area contributed by atoms with E-state index in [1.165, 1.54) is 0 Å². The van der Waals surface area contributed by atoms with Crippen LogP contribution < -0.4 is 5.73 Å². The summed E-state index contributed by atoms with van der Waals surface area (Å²) in [6, 6.07) is 7.67. The van der Waals surface area contributed by atoms with Crippen LogP contribution in [-0.4, -0.2) is 14.6 Å². The number of anilines is 1. The molecule has 2 N–H and O–H groups in total. The molecule has 0 amide bonds. The maximum Gasteiger partial charge on any atom is 0.159 e. The van der Waals surface area contributed by atoms with Crippen LogP contribution in [0.2, 0.25) is 0 Å². The Morgan fingerprint density at radius 3 is 3.00 bits per heavy atom. The van der Waals surface area contributed by atoms with E-state index in [0.717, 1.165) is 41.0 Å². The lowest BCUT2D eigenvalue weighted by Gasteiger charge is -2.10. The number of hydrogen-bond acceptors (Lipinski definition) is 4. The molecule has 3 rings (SSSR count). The molecule has 0 aliphatic heterocycles. The molecule has 6 heteroatoms. The van der Waals surface area contributed by atoms with Crippen LogP contribution in [0.4, 0.5) is 5.82 Å². The fourth-order valence-electron chi connectivity index (χ4n) is 2.54. The SMILES string of the molecule is CCCC(Cc1nc2cc(Br)cc(N)n2n1)c1ccco1. The number of fused-ring (bicyclic) bond motifs is 1. The van der Waals surface area contributed by atoms with Crippen molar-refractivity contribution in [2.45, 2.75) is 32.1 Å². The molecule has 21 heavy (non-hydrogen) atoms. The summed E-state index contributed by atoms with van der Waals surface area (Å²) in [6.45, 7) is 2.17.